The van der Waals surface area contributed by atoms with Gasteiger partial charge in [0.2, 0.25) is 5.95 Å². The largest absolute Gasteiger partial charge is 0.695 e. The number of fused-ring (bicyclic) bond motifs is 2. The summed E-state index contributed by atoms with van der Waals surface area (Å²) in [5, 5.41) is 19.3. The molecule has 0 saturated carbocycles. The minimum Gasteiger partial charge on any atom is -0.395 e. The van der Waals surface area contributed by atoms with Gasteiger partial charge in [0.05, 0.1) is 43.3 Å². The number of imidazole rings is 2. The van der Waals surface area contributed by atoms with Crippen LogP contribution in [0.25, 0.3) is 22.3 Å². The number of hydrogen-bond acceptors (Lipinski definition) is 18. The summed E-state index contributed by atoms with van der Waals surface area (Å²) in [5.74, 6) is -0.731. The van der Waals surface area contributed by atoms with E-state index in [0.717, 1.165) is 11.8 Å². The molecule has 2 unspecified atom stereocenters. The first kappa shape index (κ1) is 35.1. The summed E-state index contributed by atoms with van der Waals surface area (Å²) < 4.78 is 43.8. The first-order valence-corrected chi connectivity index (χ1v) is 18.8. The molecule has 0 aromatic carbocycles. The number of nitrogens with two attached hydrogens (primary N) is 2. The third-order valence-electron chi connectivity index (χ3n) is 8.04. The Hall–Kier alpha value is -2.76. The number of nitrogen functional groups attached to an aromatic ring is 2. The second-order valence-corrected chi connectivity index (χ2v) is 15.7. The number of aromatic nitrogens is 8. The first-order valence-electron chi connectivity index (χ1n) is 14.1. The van der Waals surface area contributed by atoms with E-state index in [0.29, 0.717) is 0 Å². The molecule has 0 spiro atoms. The molecule has 260 valence electrons. The molecule has 0 radical (unpaired) electrons. The van der Waals surface area contributed by atoms with Gasteiger partial charge in [-0.05, 0) is 11.8 Å². The number of anilines is 2. The first-order chi connectivity index (χ1) is 22.8. The Morgan fingerprint density at radius 1 is 1.15 bits per heavy atom. The van der Waals surface area contributed by atoms with Crippen molar-refractivity contribution < 1.29 is 47.6 Å². The average Bonchev–Trinajstić information content (AvgIpc) is 3.73. The van der Waals surface area contributed by atoms with E-state index < -0.39 is 87.0 Å². The van der Waals surface area contributed by atoms with Gasteiger partial charge < -0.3 is 40.6 Å². The highest BCUT2D eigenvalue weighted by Gasteiger charge is 2.51. The van der Waals surface area contributed by atoms with Crippen molar-refractivity contribution in [2.45, 2.75) is 54.3 Å². The number of methoxy groups -OCH3 is 1. The van der Waals surface area contributed by atoms with E-state index in [-0.39, 0.29) is 34.1 Å². The zero-order valence-corrected chi connectivity index (χ0v) is 28.4. The summed E-state index contributed by atoms with van der Waals surface area (Å²) in [6, 6.07) is 0. The molecule has 4 aromatic rings. The van der Waals surface area contributed by atoms with Gasteiger partial charge in [-0.2, -0.15) is 4.98 Å². The molecule has 9 N–H and O–H groups in total. The van der Waals surface area contributed by atoms with Crippen LogP contribution in [0.1, 0.15) is 18.5 Å². The Bertz CT molecular complexity index is 1930. The van der Waals surface area contributed by atoms with Crippen molar-refractivity contribution in [2.24, 2.45) is 5.92 Å². The third-order valence-corrected chi connectivity index (χ3v) is 11.6. The van der Waals surface area contributed by atoms with Crippen LogP contribution >= 0.6 is 26.7 Å². The number of aromatic amines is 1. The van der Waals surface area contributed by atoms with Crippen LogP contribution in [0.3, 0.4) is 0 Å². The number of H-pyrrole nitrogens is 1. The van der Waals surface area contributed by atoms with Gasteiger partial charge in [0, 0.05) is 17.6 Å². The Balaban J connectivity index is 1.25. The molecule has 25 heteroatoms. The number of thioether (sulfide) groups is 1. The normalized spacial score (nSPS) is 31.0. The summed E-state index contributed by atoms with van der Waals surface area (Å²) in [7, 11) is -1.71. The van der Waals surface area contributed by atoms with Crippen molar-refractivity contribution in [3.05, 3.63) is 29.3 Å². The molecule has 2 saturated heterocycles. The summed E-state index contributed by atoms with van der Waals surface area (Å²) in [6.45, 7) is -3.40. The maximum Gasteiger partial charge on any atom is 0.695 e. The van der Waals surface area contributed by atoms with Crippen LogP contribution < -0.4 is 17.0 Å². The topological polar surface area (TPSA) is 303 Å². The van der Waals surface area contributed by atoms with E-state index in [9.17, 15) is 29.4 Å². The molecule has 4 aromatic heterocycles. The number of aliphatic hydroxyl groups excluding tert-OH is 2. The fourth-order valence-electron chi connectivity index (χ4n) is 5.72. The maximum absolute atomic E-state index is 12.4. The molecular weight excluding hydrogens is 718 g/mol. The Morgan fingerprint density at radius 2 is 1.88 bits per heavy atom. The number of nitrogens with one attached hydrogen (secondary N) is 1. The predicted octanol–water partition coefficient (Wildman–Crippen LogP) is -0.707. The fourth-order valence-corrected chi connectivity index (χ4v) is 9.17. The second kappa shape index (κ2) is 13.9. The lowest BCUT2D eigenvalue weighted by Gasteiger charge is -2.43. The van der Waals surface area contributed by atoms with Gasteiger partial charge in [-0.15, -0.1) is 21.2 Å². The highest BCUT2D eigenvalue weighted by molar-refractivity contribution is 8.07. The predicted molar refractivity (Wildman–Crippen MR) is 172 cm³/mol. The van der Waals surface area contributed by atoms with Crippen LogP contribution in [0.15, 0.2) is 23.8 Å². The van der Waals surface area contributed by atoms with E-state index in [1.165, 1.54) is 35.2 Å². The molecule has 2 fully saturated rings. The summed E-state index contributed by atoms with van der Waals surface area (Å²) in [4.78, 5) is 56.3. The van der Waals surface area contributed by atoms with Gasteiger partial charge in [0.15, 0.2) is 35.0 Å². The molecule has 2 aliphatic heterocycles. The quantitative estimate of drug-likeness (QED) is 0.0932. The number of rotatable bonds is 11. The SMILES string of the molecule is CO[C@@H]1[C@H](O[P+](=O)O)[C@H](C)[C@@H](COP(O)(=S)O[C@@H]2[C@H](O)[C@@H](CO)S[C@H]2n2cnc3c(=O)[nH]c(N)nc32)O[C@H]1n1cnc2c(N)ncnc21. The molecule has 0 amide bonds. The molecule has 6 rings (SSSR count). The lowest BCUT2D eigenvalue weighted by Crippen LogP contribution is -2.53. The number of nitrogens with zero attached hydrogens (tertiary/aromatic N) is 7. The highest BCUT2D eigenvalue weighted by atomic mass is 32.5. The molecule has 0 aliphatic carbocycles. The van der Waals surface area contributed by atoms with Crippen LogP contribution in [0, 0.1) is 5.92 Å². The number of hydrogen-bond donors (Lipinski definition) is 7. The minimum atomic E-state index is -4.21. The van der Waals surface area contributed by atoms with E-state index in [1.54, 1.807) is 6.92 Å². The van der Waals surface area contributed by atoms with Gasteiger partial charge in [-0.25, -0.2) is 19.9 Å². The van der Waals surface area contributed by atoms with Crippen molar-refractivity contribution in [3.8, 4) is 0 Å². The second-order valence-electron chi connectivity index (χ2n) is 10.9. The van der Waals surface area contributed by atoms with Crippen LogP contribution in [0.4, 0.5) is 11.8 Å². The minimum absolute atomic E-state index is 0.0289. The molecule has 48 heavy (non-hydrogen) atoms. The zero-order chi connectivity index (χ0) is 34.5. The van der Waals surface area contributed by atoms with Gasteiger partial charge in [-0.1, -0.05) is 6.92 Å². The lowest BCUT2D eigenvalue weighted by molar-refractivity contribution is -0.229. The Labute approximate surface area is 280 Å². The highest BCUT2D eigenvalue weighted by Crippen LogP contribution is 2.54. The Morgan fingerprint density at radius 3 is 2.58 bits per heavy atom. The van der Waals surface area contributed by atoms with Gasteiger partial charge >= 0.3 is 15.0 Å². The van der Waals surface area contributed by atoms with Crippen molar-refractivity contribution >= 4 is 72.6 Å². The molecular formula is C23H31N10O11P2S2+. The van der Waals surface area contributed by atoms with Gasteiger partial charge in [-0.3, -0.25) is 23.4 Å². The van der Waals surface area contributed by atoms with E-state index in [2.05, 4.69) is 29.9 Å². The molecule has 11 atom stereocenters. The van der Waals surface area contributed by atoms with E-state index in [4.69, 9.17) is 46.3 Å². The molecule has 6 heterocycles. The Kier molecular flexibility index (Phi) is 10.1. The molecule has 2 aliphatic rings. The summed E-state index contributed by atoms with van der Waals surface area (Å²) in [5.41, 5.74) is 11.7. The van der Waals surface area contributed by atoms with Crippen LogP contribution in [0.5, 0.6) is 0 Å². The van der Waals surface area contributed by atoms with Crippen LogP contribution in [0.2, 0.25) is 0 Å². The lowest BCUT2D eigenvalue weighted by atomic mass is 9.90. The zero-order valence-electron chi connectivity index (χ0n) is 25.0. The van der Waals surface area contributed by atoms with Gasteiger partial charge in [0.25, 0.3) is 5.56 Å². The van der Waals surface area contributed by atoms with E-state index in [1.807, 2.05) is 0 Å². The maximum atomic E-state index is 12.4. The van der Waals surface area contributed by atoms with Crippen LogP contribution in [-0.4, -0.2) is 115 Å². The monoisotopic (exact) mass is 749 g/mol. The number of aliphatic hydroxyl groups is 2. The standard InChI is InChI=1S/C23H30N10O11P2S2/c1-8-9(42-21(16(40-2)14(8)43-45(37)38)32-6-28-11-17(24)26-5-27-18(11)32)4-41-46(39,47)44-15-13(35)10(3-34)48-22(15)33-7-29-12-19(33)30-23(25)31-20(12)36/h5-10,13-16,21-22,34-35H,3-4H2,1-2H3,(H6-,24,25,26,27,30,31,36,37,38,39,47)/p+1/t8-,9-,10-,13-,14-,15-,16-,21-,22-,46?/m1/s1. The average molecular weight is 750 g/mol. The molecule has 21 nitrogen and oxygen atoms in total. The van der Waals surface area contributed by atoms with E-state index >= 15 is 0 Å². The third kappa shape index (κ3) is 6.59. The van der Waals surface area contributed by atoms with Crippen molar-refractivity contribution in [2.75, 3.05) is 31.8 Å². The smallest absolute Gasteiger partial charge is 0.395 e. The van der Waals surface area contributed by atoms with Gasteiger partial charge in [0.1, 0.15) is 29.4 Å². The summed E-state index contributed by atoms with van der Waals surface area (Å²) in [6.07, 6.45) is -2.67. The molecule has 0 bridgehead atoms. The van der Waals surface area contributed by atoms with Crippen molar-refractivity contribution in [3.63, 3.8) is 0 Å². The van der Waals surface area contributed by atoms with Crippen LogP contribution in [-0.2, 0) is 39.4 Å². The summed E-state index contributed by atoms with van der Waals surface area (Å²) >= 11 is 6.43. The fraction of sp³-hybridized carbons (Fsp3) is 0.565. The van der Waals surface area contributed by atoms with Crippen molar-refractivity contribution in [1.82, 2.24) is 39.0 Å². The van der Waals surface area contributed by atoms with Crippen molar-refractivity contribution in [1.29, 1.82) is 0 Å². The number of ether oxygens (including phenoxy) is 2.